The molecule has 0 radical (unpaired) electrons. The minimum atomic E-state index is -0.384. The molecule has 0 aliphatic heterocycles. The van der Waals surface area contributed by atoms with E-state index in [-0.39, 0.29) is 59.5 Å². The Kier molecular flexibility index (Phi) is 9.94. The lowest BCUT2D eigenvalue weighted by molar-refractivity contribution is -0.139. The monoisotopic (exact) mass is 502 g/mol. The SMILES string of the molecule is CC(C)N(C)C(=O)[C@H]1C[C@H](N(C)C(C)C)CC[C@@H]1NC(=O)CNC(=O)c1ccc(O)c(C(C)(C)C)c1. The summed E-state index contributed by atoms with van der Waals surface area (Å²) in [4.78, 5) is 42.9. The molecular weight excluding hydrogens is 456 g/mol. The van der Waals surface area contributed by atoms with Gasteiger partial charge in [-0.1, -0.05) is 20.8 Å². The fraction of sp³-hybridized carbons (Fsp3) is 0.679. The molecule has 0 unspecified atom stereocenters. The Bertz CT molecular complexity index is 938. The lowest BCUT2D eigenvalue weighted by atomic mass is 9.79. The van der Waals surface area contributed by atoms with Crippen LogP contribution in [0.1, 0.15) is 83.7 Å². The van der Waals surface area contributed by atoms with Crippen molar-refractivity contribution in [2.75, 3.05) is 20.6 Å². The van der Waals surface area contributed by atoms with Crippen LogP contribution in [-0.2, 0) is 15.0 Å². The number of nitrogens with one attached hydrogen (secondary N) is 2. The summed E-state index contributed by atoms with van der Waals surface area (Å²) in [7, 11) is 3.90. The van der Waals surface area contributed by atoms with Crippen LogP contribution in [0, 0.1) is 5.92 Å². The molecule has 8 nitrogen and oxygen atoms in total. The Morgan fingerprint density at radius 3 is 2.25 bits per heavy atom. The third kappa shape index (κ3) is 7.45. The Morgan fingerprint density at radius 1 is 1.06 bits per heavy atom. The van der Waals surface area contributed by atoms with E-state index in [1.807, 2.05) is 41.7 Å². The third-order valence-corrected chi connectivity index (χ3v) is 7.48. The van der Waals surface area contributed by atoms with Gasteiger partial charge >= 0.3 is 0 Å². The van der Waals surface area contributed by atoms with Crippen LogP contribution in [0.15, 0.2) is 18.2 Å². The first-order valence-electron chi connectivity index (χ1n) is 13.0. The number of amides is 3. The molecule has 2 rings (SSSR count). The summed E-state index contributed by atoms with van der Waals surface area (Å²) >= 11 is 0. The first kappa shape index (κ1) is 29.6. The highest BCUT2D eigenvalue weighted by molar-refractivity contribution is 5.97. The lowest BCUT2D eigenvalue weighted by Gasteiger charge is -2.42. The van der Waals surface area contributed by atoms with Gasteiger partial charge in [-0.3, -0.25) is 14.4 Å². The van der Waals surface area contributed by atoms with Crippen molar-refractivity contribution in [3.63, 3.8) is 0 Å². The molecule has 36 heavy (non-hydrogen) atoms. The van der Waals surface area contributed by atoms with Gasteiger partial charge in [-0.05, 0) is 77.6 Å². The van der Waals surface area contributed by atoms with Crippen molar-refractivity contribution in [3.8, 4) is 5.75 Å². The topological polar surface area (TPSA) is 102 Å². The number of hydrogen-bond acceptors (Lipinski definition) is 5. The minimum absolute atomic E-state index is 0.0417. The van der Waals surface area contributed by atoms with E-state index >= 15 is 0 Å². The molecule has 0 aromatic heterocycles. The van der Waals surface area contributed by atoms with E-state index in [0.717, 1.165) is 6.42 Å². The second kappa shape index (κ2) is 12.1. The molecule has 3 amide bonds. The van der Waals surface area contributed by atoms with Crippen molar-refractivity contribution in [2.45, 2.75) is 97.3 Å². The van der Waals surface area contributed by atoms with E-state index in [9.17, 15) is 19.5 Å². The molecule has 0 spiro atoms. The third-order valence-electron chi connectivity index (χ3n) is 7.48. The molecule has 0 bridgehead atoms. The van der Waals surface area contributed by atoms with Gasteiger partial charge in [0.05, 0.1) is 12.5 Å². The molecule has 1 fully saturated rings. The van der Waals surface area contributed by atoms with Crippen LogP contribution in [0.4, 0.5) is 0 Å². The molecule has 8 heteroatoms. The summed E-state index contributed by atoms with van der Waals surface area (Å²) in [5.41, 5.74) is 0.720. The number of benzene rings is 1. The number of phenolic OH excluding ortho intramolecular Hbond substituents is 1. The number of aromatic hydroxyl groups is 1. The van der Waals surface area contributed by atoms with Crippen molar-refractivity contribution < 1.29 is 19.5 Å². The average Bonchev–Trinajstić information content (AvgIpc) is 2.80. The van der Waals surface area contributed by atoms with E-state index in [2.05, 4.69) is 36.4 Å². The predicted octanol–water partition coefficient (Wildman–Crippen LogP) is 3.28. The van der Waals surface area contributed by atoms with Crippen molar-refractivity contribution in [1.29, 1.82) is 0 Å². The van der Waals surface area contributed by atoms with Gasteiger partial charge < -0.3 is 25.5 Å². The maximum absolute atomic E-state index is 13.3. The highest BCUT2D eigenvalue weighted by Gasteiger charge is 2.39. The Hall–Kier alpha value is -2.61. The van der Waals surface area contributed by atoms with Crippen molar-refractivity contribution in [3.05, 3.63) is 29.3 Å². The van der Waals surface area contributed by atoms with Gasteiger partial charge in [0.25, 0.3) is 5.91 Å². The number of phenols is 1. The van der Waals surface area contributed by atoms with Crippen molar-refractivity contribution >= 4 is 17.7 Å². The number of carbonyl (C=O) groups is 3. The highest BCUT2D eigenvalue weighted by atomic mass is 16.3. The second-order valence-corrected chi connectivity index (χ2v) is 11.7. The van der Waals surface area contributed by atoms with Crippen LogP contribution in [0.25, 0.3) is 0 Å². The molecule has 1 aliphatic carbocycles. The number of rotatable bonds is 8. The van der Waals surface area contributed by atoms with Crippen LogP contribution >= 0.6 is 0 Å². The number of carbonyl (C=O) groups excluding carboxylic acids is 3. The zero-order valence-electron chi connectivity index (χ0n) is 23.5. The Morgan fingerprint density at radius 2 is 1.69 bits per heavy atom. The summed E-state index contributed by atoms with van der Waals surface area (Å²) in [6, 6.07) is 5.14. The van der Waals surface area contributed by atoms with Crippen LogP contribution in [0.3, 0.4) is 0 Å². The van der Waals surface area contributed by atoms with E-state index in [1.54, 1.807) is 17.0 Å². The minimum Gasteiger partial charge on any atom is -0.508 e. The summed E-state index contributed by atoms with van der Waals surface area (Å²) in [5, 5.41) is 15.9. The molecule has 0 heterocycles. The Labute approximate surface area is 216 Å². The highest BCUT2D eigenvalue weighted by Crippen LogP contribution is 2.32. The molecule has 1 aromatic carbocycles. The first-order chi connectivity index (χ1) is 16.6. The zero-order valence-corrected chi connectivity index (χ0v) is 23.5. The first-order valence-corrected chi connectivity index (χ1v) is 13.0. The van der Waals surface area contributed by atoms with Gasteiger partial charge in [0, 0.05) is 42.3 Å². The molecule has 3 atom stereocenters. The molecular formula is C28H46N4O4. The predicted molar refractivity (Wildman–Crippen MR) is 143 cm³/mol. The second-order valence-electron chi connectivity index (χ2n) is 11.7. The maximum atomic E-state index is 13.3. The van der Waals surface area contributed by atoms with Crippen LogP contribution in [0.5, 0.6) is 5.75 Å². The maximum Gasteiger partial charge on any atom is 0.251 e. The van der Waals surface area contributed by atoms with Gasteiger partial charge in [-0.25, -0.2) is 0 Å². The van der Waals surface area contributed by atoms with Crippen molar-refractivity contribution in [1.82, 2.24) is 20.4 Å². The molecule has 3 N–H and O–H groups in total. The van der Waals surface area contributed by atoms with Crippen LogP contribution < -0.4 is 10.6 Å². The largest absolute Gasteiger partial charge is 0.508 e. The molecule has 1 aliphatic rings. The fourth-order valence-electron chi connectivity index (χ4n) is 4.70. The molecule has 1 aromatic rings. The van der Waals surface area contributed by atoms with Gasteiger partial charge in [0.1, 0.15) is 5.75 Å². The molecule has 1 saturated carbocycles. The molecule has 0 saturated heterocycles. The fourth-order valence-corrected chi connectivity index (χ4v) is 4.70. The summed E-state index contributed by atoms with van der Waals surface area (Å²) in [5.74, 6) is -0.838. The van der Waals surface area contributed by atoms with Crippen LogP contribution in [-0.4, -0.2) is 77.4 Å². The smallest absolute Gasteiger partial charge is 0.251 e. The molecule has 202 valence electrons. The number of nitrogens with zero attached hydrogens (tertiary/aromatic N) is 2. The van der Waals surface area contributed by atoms with Gasteiger partial charge in [-0.2, -0.15) is 0 Å². The van der Waals surface area contributed by atoms with E-state index in [4.69, 9.17) is 0 Å². The summed E-state index contributed by atoms with van der Waals surface area (Å²) < 4.78 is 0. The lowest BCUT2D eigenvalue weighted by Crippen LogP contribution is -2.55. The van der Waals surface area contributed by atoms with E-state index in [0.29, 0.717) is 30.0 Å². The van der Waals surface area contributed by atoms with Gasteiger partial charge in [-0.15, -0.1) is 0 Å². The summed E-state index contributed by atoms with van der Waals surface area (Å²) in [6.07, 6.45) is 2.28. The normalized spacial score (nSPS) is 20.5. The summed E-state index contributed by atoms with van der Waals surface area (Å²) in [6.45, 7) is 13.9. The van der Waals surface area contributed by atoms with Gasteiger partial charge in [0.15, 0.2) is 0 Å². The average molecular weight is 503 g/mol. The van der Waals surface area contributed by atoms with Crippen LogP contribution in [0.2, 0.25) is 0 Å². The van der Waals surface area contributed by atoms with E-state index < -0.39 is 0 Å². The number of hydrogen-bond donors (Lipinski definition) is 3. The quantitative estimate of drug-likeness (QED) is 0.506. The van der Waals surface area contributed by atoms with Gasteiger partial charge in [0.2, 0.25) is 11.8 Å². The Balaban J connectivity index is 2.07. The van der Waals surface area contributed by atoms with Crippen molar-refractivity contribution in [2.24, 2.45) is 5.92 Å². The van der Waals surface area contributed by atoms with E-state index in [1.165, 1.54) is 6.07 Å². The zero-order chi connectivity index (χ0) is 27.4. The standard InChI is InChI=1S/C28H46N4O4/c1-17(2)31(8)20-11-12-23(21(15-20)27(36)32(9)18(3)4)30-25(34)16-29-26(35)19-10-13-24(33)22(14-19)28(5,6)7/h10,13-14,17-18,20-21,23,33H,11-12,15-16H2,1-9H3,(H,29,35)(H,30,34)/t20-,21+,23+/m1/s1.